The zero-order valence-corrected chi connectivity index (χ0v) is 6.71. The third-order valence-corrected chi connectivity index (χ3v) is 1.63. The van der Waals surface area contributed by atoms with Crippen LogP contribution in [0.4, 0.5) is 4.39 Å². The first-order chi connectivity index (χ1) is 5.65. The molecule has 0 saturated heterocycles. The maximum Gasteiger partial charge on any atom is 0.129 e. The molecule has 0 aliphatic carbocycles. The van der Waals surface area contributed by atoms with E-state index in [1.54, 1.807) is 18.2 Å². The van der Waals surface area contributed by atoms with Gasteiger partial charge in [0, 0.05) is 5.56 Å². The van der Waals surface area contributed by atoms with Crippen molar-refractivity contribution in [3.63, 3.8) is 0 Å². The summed E-state index contributed by atoms with van der Waals surface area (Å²) >= 11 is 0. The zero-order valence-electron chi connectivity index (χ0n) is 6.71. The normalized spacial score (nSPS) is 12.2. The molecule has 1 aromatic rings. The fraction of sp³-hybridized carbons (Fsp3) is 0.222. The van der Waals surface area contributed by atoms with Gasteiger partial charge in [0.2, 0.25) is 0 Å². The lowest BCUT2D eigenvalue weighted by Gasteiger charge is -2.04. The largest absolute Gasteiger partial charge is 0.312 e. The van der Waals surface area contributed by atoms with Gasteiger partial charge in [-0.2, -0.15) is 5.26 Å². The Hall–Kier alpha value is -1.40. The molecule has 0 aromatic heterocycles. The summed E-state index contributed by atoms with van der Waals surface area (Å²) in [5, 5.41) is 8.46. The monoisotopic (exact) mass is 164 g/mol. The summed E-state index contributed by atoms with van der Waals surface area (Å²) in [5.74, 6) is -0.422. The average molecular weight is 164 g/mol. The minimum Gasteiger partial charge on any atom is -0.312 e. The highest BCUT2D eigenvalue weighted by molar-refractivity contribution is 5.29. The summed E-state index contributed by atoms with van der Waals surface area (Å²) < 4.78 is 13.0. The Bertz CT molecular complexity index is 328. The Morgan fingerprint density at radius 1 is 1.58 bits per heavy atom. The van der Waals surface area contributed by atoms with Gasteiger partial charge in [0.15, 0.2) is 0 Å². The van der Waals surface area contributed by atoms with Crippen LogP contribution in [-0.4, -0.2) is 0 Å². The summed E-state index contributed by atoms with van der Waals surface area (Å²) in [6.07, 6.45) is 0. The van der Waals surface area contributed by atoms with E-state index >= 15 is 0 Å². The van der Waals surface area contributed by atoms with Crippen LogP contribution >= 0.6 is 0 Å². The highest BCUT2D eigenvalue weighted by Gasteiger charge is 2.09. The Kier molecular flexibility index (Phi) is 2.41. The Morgan fingerprint density at radius 3 is 2.83 bits per heavy atom. The van der Waals surface area contributed by atoms with Crippen LogP contribution in [0.3, 0.4) is 0 Å². The number of aryl methyl sites for hydroxylation is 1. The van der Waals surface area contributed by atoms with Crippen LogP contribution in [0.5, 0.6) is 0 Å². The minimum absolute atomic E-state index is 0.262. The molecule has 0 bridgehead atoms. The minimum atomic E-state index is -0.870. The van der Waals surface area contributed by atoms with Crippen molar-refractivity contribution in [1.29, 1.82) is 5.26 Å². The standard InChI is InChI=1S/C9H9FN2/c1-6-2-3-8(10)7(4-6)9(12)5-11/h2-4,9H,12H2,1H3/t9-/m0/s1. The van der Waals surface area contributed by atoms with Gasteiger partial charge in [-0.3, -0.25) is 0 Å². The molecule has 3 heteroatoms. The summed E-state index contributed by atoms with van der Waals surface area (Å²) in [6.45, 7) is 1.83. The Balaban J connectivity index is 3.15. The number of hydrogen-bond acceptors (Lipinski definition) is 2. The second-order valence-corrected chi connectivity index (χ2v) is 2.63. The van der Waals surface area contributed by atoms with Crippen molar-refractivity contribution in [2.45, 2.75) is 13.0 Å². The summed E-state index contributed by atoms with van der Waals surface area (Å²) in [6, 6.07) is 5.47. The number of nitrogens with two attached hydrogens (primary N) is 1. The van der Waals surface area contributed by atoms with Crippen LogP contribution < -0.4 is 5.73 Å². The first kappa shape index (κ1) is 8.69. The summed E-state index contributed by atoms with van der Waals surface area (Å²) in [5.41, 5.74) is 6.52. The molecule has 0 aliphatic heterocycles. The fourth-order valence-electron chi connectivity index (χ4n) is 0.971. The SMILES string of the molecule is Cc1ccc(F)c([C@@H](N)C#N)c1. The number of hydrogen-bond donors (Lipinski definition) is 1. The third-order valence-electron chi connectivity index (χ3n) is 1.63. The van der Waals surface area contributed by atoms with Crippen molar-refractivity contribution >= 4 is 0 Å². The number of halogens is 1. The molecule has 0 spiro atoms. The van der Waals surface area contributed by atoms with E-state index in [1.807, 2.05) is 6.92 Å². The summed E-state index contributed by atoms with van der Waals surface area (Å²) in [7, 11) is 0. The predicted octanol–water partition coefficient (Wildman–Crippen LogP) is 1.66. The Labute approximate surface area is 70.4 Å². The van der Waals surface area contributed by atoms with Gasteiger partial charge >= 0.3 is 0 Å². The molecule has 0 heterocycles. The van der Waals surface area contributed by atoms with Gasteiger partial charge in [0.25, 0.3) is 0 Å². The summed E-state index contributed by atoms with van der Waals surface area (Å²) in [4.78, 5) is 0. The highest BCUT2D eigenvalue weighted by Crippen LogP contribution is 2.15. The first-order valence-electron chi connectivity index (χ1n) is 3.56. The van der Waals surface area contributed by atoms with Crippen molar-refractivity contribution in [2.24, 2.45) is 5.73 Å². The van der Waals surface area contributed by atoms with Gasteiger partial charge in [-0.05, 0) is 13.0 Å². The van der Waals surface area contributed by atoms with E-state index in [4.69, 9.17) is 11.0 Å². The van der Waals surface area contributed by atoms with Gasteiger partial charge < -0.3 is 5.73 Å². The number of nitriles is 1. The average Bonchev–Trinajstić information content (AvgIpc) is 2.08. The van der Waals surface area contributed by atoms with E-state index in [9.17, 15) is 4.39 Å². The van der Waals surface area contributed by atoms with E-state index < -0.39 is 11.9 Å². The second kappa shape index (κ2) is 3.33. The molecule has 12 heavy (non-hydrogen) atoms. The number of nitrogens with zero attached hydrogens (tertiary/aromatic N) is 1. The maximum absolute atomic E-state index is 13.0. The molecule has 1 aromatic carbocycles. The second-order valence-electron chi connectivity index (χ2n) is 2.63. The molecule has 2 N–H and O–H groups in total. The van der Waals surface area contributed by atoms with Crippen molar-refractivity contribution in [3.8, 4) is 6.07 Å². The smallest absolute Gasteiger partial charge is 0.129 e. The lowest BCUT2D eigenvalue weighted by Crippen LogP contribution is -2.09. The molecule has 1 atom stereocenters. The van der Waals surface area contributed by atoms with Crippen molar-refractivity contribution < 1.29 is 4.39 Å². The van der Waals surface area contributed by atoms with Gasteiger partial charge in [0.05, 0.1) is 6.07 Å². The van der Waals surface area contributed by atoms with Gasteiger partial charge in [-0.25, -0.2) is 4.39 Å². The third kappa shape index (κ3) is 1.60. The molecule has 62 valence electrons. The predicted molar refractivity (Wildman–Crippen MR) is 43.7 cm³/mol. The molecule has 0 aliphatic rings. The Morgan fingerprint density at radius 2 is 2.25 bits per heavy atom. The fourth-order valence-corrected chi connectivity index (χ4v) is 0.971. The van der Waals surface area contributed by atoms with Crippen LogP contribution in [0.1, 0.15) is 17.2 Å². The van der Waals surface area contributed by atoms with Gasteiger partial charge in [-0.15, -0.1) is 0 Å². The number of benzene rings is 1. The topological polar surface area (TPSA) is 49.8 Å². The van der Waals surface area contributed by atoms with Crippen LogP contribution in [-0.2, 0) is 0 Å². The van der Waals surface area contributed by atoms with E-state index in [1.165, 1.54) is 6.07 Å². The number of rotatable bonds is 1. The molecule has 0 amide bonds. The van der Waals surface area contributed by atoms with Crippen molar-refractivity contribution in [3.05, 3.63) is 35.1 Å². The van der Waals surface area contributed by atoms with Crippen molar-refractivity contribution in [1.82, 2.24) is 0 Å². The molecule has 0 fully saturated rings. The van der Waals surface area contributed by atoms with E-state index in [-0.39, 0.29) is 5.56 Å². The molecule has 0 unspecified atom stereocenters. The first-order valence-corrected chi connectivity index (χ1v) is 3.56. The molecular formula is C9H9FN2. The maximum atomic E-state index is 13.0. The zero-order chi connectivity index (χ0) is 9.14. The molecule has 0 saturated carbocycles. The lowest BCUT2D eigenvalue weighted by molar-refractivity contribution is 0.603. The van der Waals surface area contributed by atoms with E-state index in [0.717, 1.165) is 5.56 Å². The molecule has 1 rings (SSSR count). The van der Waals surface area contributed by atoms with Gasteiger partial charge in [0.1, 0.15) is 11.9 Å². The van der Waals surface area contributed by atoms with Crippen LogP contribution in [0, 0.1) is 24.1 Å². The van der Waals surface area contributed by atoms with E-state index in [2.05, 4.69) is 0 Å². The van der Waals surface area contributed by atoms with Crippen LogP contribution in [0.15, 0.2) is 18.2 Å². The molecule has 2 nitrogen and oxygen atoms in total. The molecule has 0 radical (unpaired) electrons. The highest BCUT2D eigenvalue weighted by atomic mass is 19.1. The van der Waals surface area contributed by atoms with Crippen LogP contribution in [0.2, 0.25) is 0 Å². The van der Waals surface area contributed by atoms with Crippen molar-refractivity contribution in [2.75, 3.05) is 0 Å². The quantitative estimate of drug-likeness (QED) is 0.686. The van der Waals surface area contributed by atoms with E-state index in [0.29, 0.717) is 0 Å². The lowest BCUT2D eigenvalue weighted by atomic mass is 10.1. The van der Waals surface area contributed by atoms with Gasteiger partial charge in [-0.1, -0.05) is 17.7 Å². The van der Waals surface area contributed by atoms with Crippen LogP contribution in [0.25, 0.3) is 0 Å². The molecular weight excluding hydrogens is 155 g/mol.